The van der Waals surface area contributed by atoms with Crippen molar-refractivity contribution in [1.29, 1.82) is 0 Å². The lowest BCUT2D eigenvalue weighted by Crippen LogP contribution is -2.56. The molecule has 21 heavy (non-hydrogen) atoms. The zero-order valence-electron chi connectivity index (χ0n) is 12.2. The van der Waals surface area contributed by atoms with Crippen LogP contribution in [-0.4, -0.2) is 39.5 Å². The average Bonchev–Trinajstić information content (AvgIpc) is 2.87. The van der Waals surface area contributed by atoms with Gasteiger partial charge >= 0.3 is 0 Å². The van der Waals surface area contributed by atoms with Gasteiger partial charge in [-0.15, -0.1) is 0 Å². The molecule has 0 radical (unpaired) electrons. The van der Waals surface area contributed by atoms with Gasteiger partial charge in [-0.05, 0) is 24.5 Å². The summed E-state index contributed by atoms with van der Waals surface area (Å²) in [4.78, 5) is 18.1. The number of aliphatic hydroxyl groups is 1. The standard InChI is InChI=1S/C17H20N2O2/c1-2-17(21)10-19-8-7-12-11-5-3-4-6-13(11)18-16(12)14(19)9-15(17)20/h3-6,14,18,21H,2,7-10H2,1H3. The first kappa shape index (κ1) is 13.0. The molecule has 1 fully saturated rings. The second kappa shape index (κ2) is 4.42. The van der Waals surface area contributed by atoms with Crippen molar-refractivity contribution in [1.82, 2.24) is 9.88 Å². The number of Topliss-reactive ketones (excluding diaryl/α,β-unsaturated/α-hetero) is 1. The molecule has 0 bridgehead atoms. The van der Waals surface area contributed by atoms with Crippen molar-refractivity contribution >= 4 is 16.7 Å². The van der Waals surface area contributed by atoms with Crippen molar-refractivity contribution in [2.45, 2.75) is 37.8 Å². The zero-order chi connectivity index (χ0) is 14.6. The van der Waals surface area contributed by atoms with Crippen molar-refractivity contribution < 1.29 is 9.90 Å². The van der Waals surface area contributed by atoms with Crippen LogP contribution < -0.4 is 0 Å². The predicted octanol–water partition coefficient (Wildman–Crippen LogP) is 2.18. The third kappa shape index (κ3) is 1.79. The molecule has 2 aromatic rings. The van der Waals surface area contributed by atoms with E-state index in [1.165, 1.54) is 16.6 Å². The number of hydrogen-bond acceptors (Lipinski definition) is 3. The van der Waals surface area contributed by atoms with Gasteiger partial charge < -0.3 is 10.1 Å². The lowest BCUT2D eigenvalue weighted by Gasteiger charge is -2.45. The van der Waals surface area contributed by atoms with Gasteiger partial charge in [0.2, 0.25) is 0 Å². The maximum Gasteiger partial charge on any atom is 0.167 e. The fourth-order valence-electron chi connectivity index (χ4n) is 3.89. The minimum Gasteiger partial charge on any atom is -0.381 e. The first-order chi connectivity index (χ1) is 10.1. The van der Waals surface area contributed by atoms with Crippen LogP contribution in [0.25, 0.3) is 10.9 Å². The number of rotatable bonds is 1. The van der Waals surface area contributed by atoms with E-state index in [-0.39, 0.29) is 11.8 Å². The van der Waals surface area contributed by atoms with Crippen molar-refractivity contribution in [2.75, 3.05) is 13.1 Å². The Balaban J connectivity index is 1.78. The first-order valence-electron chi connectivity index (χ1n) is 7.71. The van der Waals surface area contributed by atoms with Crippen molar-refractivity contribution in [3.05, 3.63) is 35.5 Å². The molecule has 2 aliphatic rings. The SMILES string of the molecule is CCC1(O)CN2CCc3c([nH]c4ccccc34)C2CC1=O. The lowest BCUT2D eigenvalue weighted by atomic mass is 9.81. The number of piperidine rings is 1. The van der Waals surface area contributed by atoms with E-state index in [0.717, 1.165) is 18.5 Å². The van der Waals surface area contributed by atoms with Gasteiger partial charge in [-0.1, -0.05) is 25.1 Å². The molecule has 1 aromatic carbocycles. The van der Waals surface area contributed by atoms with Crippen LogP contribution in [0, 0.1) is 0 Å². The molecule has 2 N–H and O–H groups in total. The van der Waals surface area contributed by atoms with Gasteiger partial charge in [-0.2, -0.15) is 0 Å². The Morgan fingerprint density at radius 1 is 1.43 bits per heavy atom. The number of aromatic amines is 1. The Kier molecular flexibility index (Phi) is 2.75. The molecule has 4 rings (SSSR count). The molecule has 2 atom stereocenters. The van der Waals surface area contributed by atoms with Crippen LogP contribution in [0.1, 0.15) is 37.1 Å². The van der Waals surface area contributed by atoms with Gasteiger partial charge in [-0.3, -0.25) is 9.69 Å². The number of fused-ring (bicyclic) bond motifs is 5. The van der Waals surface area contributed by atoms with Crippen LogP contribution in [-0.2, 0) is 11.2 Å². The number of benzene rings is 1. The number of aromatic nitrogens is 1. The van der Waals surface area contributed by atoms with Gasteiger partial charge in [0.25, 0.3) is 0 Å². The maximum atomic E-state index is 12.3. The molecule has 0 spiro atoms. The van der Waals surface area contributed by atoms with Crippen LogP contribution in [0.5, 0.6) is 0 Å². The number of para-hydroxylation sites is 1. The molecule has 2 unspecified atom stereocenters. The monoisotopic (exact) mass is 284 g/mol. The molecule has 110 valence electrons. The minimum atomic E-state index is -1.15. The average molecular weight is 284 g/mol. The van der Waals surface area contributed by atoms with Crippen molar-refractivity contribution in [3.8, 4) is 0 Å². The summed E-state index contributed by atoms with van der Waals surface area (Å²) in [6.07, 6.45) is 1.88. The highest BCUT2D eigenvalue weighted by Crippen LogP contribution is 2.40. The van der Waals surface area contributed by atoms with Gasteiger partial charge in [-0.25, -0.2) is 0 Å². The number of nitrogens with zero attached hydrogens (tertiary/aromatic N) is 1. The fourth-order valence-corrected chi connectivity index (χ4v) is 3.89. The first-order valence-corrected chi connectivity index (χ1v) is 7.71. The number of carbonyl (C=O) groups excluding carboxylic acids is 1. The molecule has 1 saturated heterocycles. The fraction of sp³-hybridized carbons (Fsp3) is 0.471. The normalized spacial score (nSPS) is 29.4. The van der Waals surface area contributed by atoms with Gasteiger partial charge in [0.1, 0.15) is 5.60 Å². The summed E-state index contributed by atoms with van der Waals surface area (Å²) in [5, 5.41) is 11.7. The predicted molar refractivity (Wildman–Crippen MR) is 81.2 cm³/mol. The van der Waals surface area contributed by atoms with Crippen LogP contribution in [0.15, 0.2) is 24.3 Å². The molecular weight excluding hydrogens is 264 g/mol. The van der Waals surface area contributed by atoms with Crippen LogP contribution in [0.3, 0.4) is 0 Å². The molecule has 0 aliphatic carbocycles. The second-order valence-corrected chi connectivity index (χ2v) is 6.31. The van der Waals surface area contributed by atoms with Crippen LogP contribution in [0.2, 0.25) is 0 Å². The molecule has 0 amide bonds. The summed E-state index contributed by atoms with van der Waals surface area (Å²) in [7, 11) is 0. The Labute approximate surface area is 123 Å². The van der Waals surface area contributed by atoms with Gasteiger partial charge in [0, 0.05) is 36.1 Å². The van der Waals surface area contributed by atoms with Crippen molar-refractivity contribution in [3.63, 3.8) is 0 Å². The Morgan fingerprint density at radius 3 is 3.05 bits per heavy atom. The van der Waals surface area contributed by atoms with Gasteiger partial charge in [0.05, 0.1) is 6.04 Å². The minimum absolute atomic E-state index is 0.0160. The van der Waals surface area contributed by atoms with E-state index >= 15 is 0 Å². The number of carbonyl (C=O) groups is 1. The molecule has 3 heterocycles. The molecule has 0 saturated carbocycles. The molecule has 2 aliphatic heterocycles. The summed E-state index contributed by atoms with van der Waals surface area (Å²) < 4.78 is 0. The topological polar surface area (TPSA) is 56.3 Å². The van der Waals surface area contributed by atoms with Gasteiger partial charge in [0.15, 0.2) is 5.78 Å². The van der Waals surface area contributed by atoms with E-state index in [2.05, 4.69) is 28.1 Å². The summed E-state index contributed by atoms with van der Waals surface area (Å²) in [5.41, 5.74) is 2.52. The number of nitrogens with one attached hydrogen (secondary N) is 1. The smallest absolute Gasteiger partial charge is 0.167 e. The second-order valence-electron chi connectivity index (χ2n) is 6.31. The molecular formula is C17H20N2O2. The molecule has 4 heteroatoms. The summed E-state index contributed by atoms with van der Waals surface area (Å²) in [6.45, 7) is 3.26. The summed E-state index contributed by atoms with van der Waals surface area (Å²) in [6, 6.07) is 8.42. The van der Waals surface area contributed by atoms with Crippen LogP contribution >= 0.6 is 0 Å². The highest BCUT2D eigenvalue weighted by Gasteiger charge is 2.46. The maximum absolute atomic E-state index is 12.3. The van der Waals surface area contributed by atoms with E-state index in [1.54, 1.807) is 0 Å². The largest absolute Gasteiger partial charge is 0.381 e. The van der Waals surface area contributed by atoms with E-state index < -0.39 is 5.60 Å². The Bertz CT molecular complexity index is 721. The van der Waals surface area contributed by atoms with E-state index in [9.17, 15) is 9.90 Å². The highest BCUT2D eigenvalue weighted by atomic mass is 16.3. The van der Waals surface area contributed by atoms with E-state index in [1.807, 2.05) is 13.0 Å². The quantitative estimate of drug-likeness (QED) is 0.844. The highest BCUT2D eigenvalue weighted by molar-refractivity contribution is 5.90. The number of hydrogen-bond donors (Lipinski definition) is 2. The lowest BCUT2D eigenvalue weighted by molar-refractivity contribution is -0.149. The van der Waals surface area contributed by atoms with E-state index in [0.29, 0.717) is 19.4 Å². The molecule has 1 aromatic heterocycles. The van der Waals surface area contributed by atoms with Crippen molar-refractivity contribution in [2.24, 2.45) is 0 Å². The Hall–Kier alpha value is -1.65. The zero-order valence-corrected chi connectivity index (χ0v) is 12.2. The third-order valence-corrected chi connectivity index (χ3v) is 5.22. The van der Waals surface area contributed by atoms with Crippen LogP contribution in [0.4, 0.5) is 0 Å². The third-order valence-electron chi connectivity index (χ3n) is 5.22. The summed E-state index contributed by atoms with van der Waals surface area (Å²) in [5.74, 6) is -0.0160. The number of H-pyrrole nitrogens is 1. The number of ketones is 1. The molecule has 4 nitrogen and oxygen atoms in total. The van der Waals surface area contributed by atoms with E-state index in [4.69, 9.17) is 0 Å². The summed E-state index contributed by atoms with van der Waals surface area (Å²) >= 11 is 0. The Morgan fingerprint density at radius 2 is 2.24 bits per heavy atom.